The van der Waals surface area contributed by atoms with Gasteiger partial charge in [0.1, 0.15) is 0 Å². The largest absolute Gasteiger partial charge is 0.366 e. The van der Waals surface area contributed by atoms with Crippen LogP contribution in [0.1, 0.15) is 0 Å². The van der Waals surface area contributed by atoms with Crippen LogP contribution in [-0.2, 0) is 0 Å². The van der Waals surface area contributed by atoms with Crippen molar-refractivity contribution >= 4 is 30.8 Å². The Morgan fingerprint density at radius 3 is 2.00 bits per heavy atom. The number of nitrogens with one attached hydrogen (secondary N) is 2. The summed E-state index contributed by atoms with van der Waals surface area (Å²) in [7, 11) is 0. The standard InChI is InChI=1S/CH4N4O2.2ClH/c2-1(3)4-5(6)7;;/h(H4,2,3,4);2*1H. The minimum atomic E-state index is -0.900. The Morgan fingerprint density at radius 2 is 2.00 bits per heavy atom. The summed E-state index contributed by atoms with van der Waals surface area (Å²) in [5, 5.41) is 14.6. The van der Waals surface area contributed by atoms with E-state index in [1.165, 1.54) is 5.43 Å². The first-order valence-electron chi connectivity index (χ1n) is 1.38. The number of halogens is 2. The second-order valence-electron chi connectivity index (χ2n) is 0.783. The van der Waals surface area contributed by atoms with E-state index in [9.17, 15) is 10.1 Å². The van der Waals surface area contributed by atoms with Crippen LogP contribution in [0.5, 0.6) is 0 Å². The van der Waals surface area contributed by atoms with Gasteiger partial charge in [-0.15, -0.1) is 24.8 Å². The summed E-state index contributed by atoms with van der Waals surface area (Å²) in [4.78, 5) is 9.28. The van der Waals surface area contributed by atoms with Crippen molar-refractivity contribution in [3.05, 3.63) is 10.1 Å². The molecule has 0 aliphatic carbocycles. The molecular formula is CH6Cl2N4O2. The highest BCUT2D eigenvalue weighted by atomic mass is 35.5. The second-order valence-corrected chi connectivity index (χ2v) is 0.783. The zero-order valence-corrected chi connectivity index (χ0v) is 5.79. The van der Waals surface area contributed by atoms with Crippen molar-refractivity contribution in [3.63, 3.8) is 0 Å². The van der Waals surface area contributed by atoms with Crippen molar-refractivity contribution in [2.75, 3.05) is 0 Å². The Morgan fingerprint density at radius 1 is 1.67 bits per heavy atom. The molecule has 0 aliphatic heterocycles. The van der Waals surface area contributed by atoms with Crippen LogP contribution < -0.4 is 11.2 Å². The van der Waals surface area contributed by atoms with E-state index in [4.69, 9.17) is 5.41 Å². The van der Waals surface area contributed by atoms with E-state index in [1.54, 1.807) is 0 Å². The molecular weight excluding hydrogens is 171 g/mol. The van der Waals surface area contributed by atoms with Gasteiger partial charge in [0.25, 0.3) is 0 Å². The third-order valence-corrected chi connectivity index (χ3v) is 0.212. The predicted molar refractivity (Wildman–Crippen MR) is 36.5 cm³/mol. The van der Waals surface area contributed by atoms with Crippen LogP contribution in [0, 0.1) is 15.5 Å². The minimum Gasteiger partial charge on any atom is -0.366 e. The lowest BCUT2D eigenvalue weighted by atomic mass is 11.1. The molecule has 0 bridgehead atoms. The molecule has 0 radical (unpaired) electrons. The van der Waals surface area contributed by atoms with Gasteiger partial charge in [-0.3, -0.25) is 5.41 Å². The van der Waals surface area contributed by atoms with Crippen molar-refractivity contribution in [2.45, 2.75) is 0 Å². The Balaban J connectivity index is -0.000000180. The summed E-state index contributed by atoms with van der Waals surface area (Å²) in [5.74, 6) is -0.662. The average Bonchev–Trinajstić information content (AvgIpc) is 1.27. The molecule has 4 N–H and O–H groups in total. The molecule has 0 fully saturated rings. The van der Waals surface area contributed by atoms with Crippen LogP contribution in [0.3, 0.4) is 0 Å². The molecule has 8 heteroatoms. The van der Waals surface area contributed by atoms with Crippen molar-refractivity contribution < 1.29 is 5.03 Å². The van der Waals surface area contributed by atoms with Gasteiger partial charge in [0.15, 0.2) is 5.03 Å². The highest BCUT2D eigenvalue weighted by Gasteiger charge is 1.91. The maximum atomic E-state index is 9.28. The first kappa shape index (κ1) is 15.7. The number of hydrogen-bond donors (Lipinski definition) is 3. The quantitative estimate of drug-likeness (QED) is 0.217. The highest BCUT2D eigenvalue weighted by molar-refractivity contribution is 5.85. The van der Waals surface area contributed by atoms with E-state index in [2.05, 4.69) is 5.73 Å². The van der Waals surface area contributed by atoms with E-state index < -0.39 is 11.0 Å². The zero-order valence-electron chi connectivity index (χ0n) is 4.16. The number of nitro groups is 1. The van der Waals surface area contributed by atoms with Crippen LogP contribution in [-0.4, -0.2) is 11.0 Å². The summed E-state index contributed by atoms with van der Waals surface area (Å²) in [5.41, 5.74) is 5.91. The molecule has 0 spiro atoms. The summed E-state index contributed by atoms with van der Waals surface area (Å²) >= 11 is 0. The fraction of sp³-hybridized carbons (Fsp3) is 0. The molecule has 0 aromatic rings. The van der Waals surface area contributed by atoms with Gasteiger partial charge in [-0.05, 0) is 0 Å². The van der Waals surface area contributed by atoms with Gasteiger partial charge < -0.3 is 5.73 Å². The van der Waals surface area contributed by atoms with Crippen molar-refractivity contribution in [1.29, 1.82) is 5.41 Å². The number of guanidine groups is 1. The fourth-order valence-corrected chi connectivity index (χ4v) is 0.0983. The Bertz CT molecular complexity index is 92.7. The molecule has 0 saturated carbocycles. The molecule has 0 saturated heterocycles. The minimum absolute atomic E-state index is 0. The lowest BCUT2D eigenvalue weighted by molar-refractivity contribution is -0.525. The third kappa shape index (κ3) is 18.9. The molecule has 9 heavy (non-hydrogen) atoms. The van der Waals surface area contributed by atoms with Crippen molar-refractivity contribution in [3.8, 4) is 0 Å². The van der Waals surface area contributed by atoms with Gasteiger partial charge in [0.05, 0.1) is 0 Å². The molecule has 0 atom stereocenters. The molecule has 0 aromatic heterocycles. The van der Waals surface area contributed by atoms with E-state index in [0.717, 1.165) is 0 Å². The van der Waals surface area contributed by atoms with Crippen LogP contribution in [0.15, 0.2) is 0 Å². The van der Waals surface area contributed by atoms with E-state index in [0.29, 0.717) is 0 Å². The SMILES string of the molecule is Cl.Cl.N=C(N)N[N+](=O)[O-]. The van der Waals surface area contributed by atoms with Crippen LogP contribution >= 0.6 is 24.8 Å². The lowest BCUT2D eigenvalue weighted by Gasteiger charge is -1.86. The maximum Gasteiger partial charge on any atom is 0.248 e. The second kappa shape index (κ2) is 7.25. The van der Waals surface area contributed by atoms with Gasteiger partial charge in [-0.2, -0.15) is 0 Å². The van der Waals surface area contributed by atoms with Gasteiger partial charge in [-0.1, -0.05) is 5.43 Å². The van der Waals surface area contributed by atoms with Crippen LogP contribution in [0.2, 0.25) is 0 Å². The Hall–Kier alpha value is -0.750. The number of rotatable bonds is 1. The third-order valence-electron chi connectivity index (χ3n) is 0.212. The predicted octanol–water partition coefficient (Wildman–Crippen LogP) is -0.495. The normalized spacial score (nSPS) is 5.78. The first-order chi connectivity index (χ1) is 3.13. The Labute approximate surface area is 63.2 Å². The maximum absolute atomic E-state index is 9.28. The molecule has 0 unspecified atom stereocenters. The first-order valence-corrected chi connectivity index (χ1v) is 1.38. The fourth-order valence-electron chi connectivity index (χ4n) is 0.0983. The Kier molecular flexibility index (Phi) is 12.7. The molecule has 56 valence electrons. The number of hydrogen-bond acceptors (Lipinski definition) is 3. The van der Waals surface area contributed by atoms with E-state index >= 15 is 0 Å². The summed E-state index contributed by atoms with van der Waals surface area (Å²) in [6.45, 7) is 0. The summed E-state index contributed by atoms with van der Waals surface area (Å²) in [6.07, 6.45) is 0. The summed E-state index contributed by atoms with van der Waals surface area (Å²) in [6, 6.07) is 0. The van der Waals surface area contributed by atoms with E-state index in [-0.39, 0.29) is 24.8 Å². The smallest absolute Gasteiger partial charge is 0.248 e. The van der Waals surface area contributed by atoms with E-state index in [1.807, 2.05) is 0 Å². The lowest BCUT2D eigenvalue weighted by Crippen LogP contribution is -2.34. The van der Waals surface area contributed by atoms with Crippen molar-refractivity contribution in [2.24, 2.45) is 5.73 Å². The molecule has 0 heterocycles. The van der Waals surface area contributed by atoms with Gasteiger partial charge in [0.2, 0.25) is 5.96 Å². The molecule has 0 amide bonds. The zero-order chi connectivity index (χ0) is 5.86. The van der Waals surface area contributed by atoms with Gasteiger partial charge in [0, 0.05) is 0 Å². The number of hydrazine groups is 1. The molecule has 6 nitrogen and oxygen atoms in total. The van der Waals surface area contributed by atoms with Crippen molar-refractivity contribution in [1.82, 2.24) is 5.43 Å². The molecule has 0 aromatic carbocycles. The van der Waals surface area contributed by atoms with Crippen LogP contribution in [0.25, 0.3) is 0 Å². The monoisotopic (exact) mass is 176 g/mol. The average molecular weight is 177 g/mol. The number of nitrogens with zero attached hydrogens (tertiary/aromatic N) is 1. The topological polar surface area (TPSA) is 105 Å². The molecule has 0 aliphatic rings. The molecule has 0 rings (SSSR count). The van der Waals surface area contributed by atoms with Gasteiger partial charge >= 0.3 is 0 Å². The van der Waals surface area contributed by atoms with Crippen LogP contribution in [0.4, 0.5) is 0 Å². The number of nitrogens with two attached hydrogens (primary N) is 1. The summed E-state index contributed by atoms with van der Waals surface area (Å²) < 4.78 is 0. The highest BCUT2D eigenvalue weighted by Crippen LogP contribution is 1.50. The van der Waals surface area contributed by atoms with Gasteiger partial charge in [-0.25, -0.2) is 10.1 Å².